The Morgan fingerprint density at radius 3 is 2.57 bits per heavy atom. The number of methoxy groups -OCH3 is 1. The summed E-state index contributed by atoms with van der Waals surface area (Å²) in [5.41, 5.74) is 2.33. The van der Waals surface area contributed by atoms with E-state index in [2.05, 4.69) is 39.4 Å². The lowest BCUT2D eigenvalue weighted by Crippen LogP contribution is -2.34. The van der Waals surface area contributed by atoms with Gasteiger partial charge in [0.1, 0.15) is 6.61 Å². The van der Waals surface area contributed by atoms with Crippen LogP contribution in [0.1, 0.15) is 30.4 Å². The van der Waals surface area contributed by atoms with E-state index in [1.165, 1.54) is 24.8 Å². The van der Waals surface area contributed by atoms with Crippen LogP contribution in [0.15, 0.2) is 46.9 Å². The van der Waals surface area contributed by atoms with E-state index in [1.54, 1.807) is 7.11 Å². The van der Waals surface area contributed by atoms with Crippen molar-refractivity contribution in [2.75, 3.05) is 7.11 Å². The number of ether oxygens (including phenoxy) is 2. The van der Waals surface area contributed by atoms with Gasteiger partial charge in [0.05, 0.1) is 11.6 Å². The highest BCUT2D eigenvalue weighted by atomic mass is 79.9. The number of benzene rings is 2. The summed E-state index contributed by atoms with van der Waals surface area (Å²) in [7, 11) is 1.67. The summed E-state index contributed by atoms with van der Waals surface area (Å²) in [5, 5.41) is 3.59. The molecule has 0 heterocycles. The van der Waals surface area contributed by atoms with Crippen LogP contribution in [0.4, 0.5) is 0 Å². The largest absolute Gasteiger partial charge is 0.493 e. The number of halogens is 1. The summed E-state index contributed by atoms with van der Waals surface area (Å²) in [5.74, 6) is 1.52. The maximum absolute atomic E-state index is 6.03. The summed E-state index contributed by atoms with van der Waals surface area (Å²) < 4.78 is 12.5. The Morgan fingerprint density at radius 2 is 1.91 bits per heavy atom. The molecule has 1 fully saturated rings. The maximum Gasteiger partial charge on any atom is 0.176 e. The Morgan fingerprint density at radius 1 is 1.13 bits per heavy atom. The molecule has 1 N–H and O–H groups in total. The van der Waals surface area contributed by atoms with Crippen molar-refractivity contribution in [2.45, 2.75) is 38.5 Å². The van der Waals surface area contributed by atoms with Crippen LogP contribution in [0.2, 0.25) is 0 Å². The second kappa shape index (κ2) is 7.84. The highest BCUT2D eigenvalue weighted by Gasteiger charge is 2.18. The van der Waals surface area contributed by atoms with Crippen molar-refractivity contribution >= 4 is 15.9 Å². The fourth-order valence-electron chi connectivity index (χ4n) is 2.61. The molecule has 0 unspecified atom stereocenters. The molecule has 23 heavy (non-hydrogen) atoms. The molecule has 4 heteroatoms. The first-order valence-corrected chi connectivity index (χ1v) is 8.82. The Balaban J connectivity index is 1.73. The van der Waals surface area contributed by atoms with Crippen LogP contribution in [0, 0.1) is 0 Å². The van der Waals surface area contributed by atoms with Gasteiger partial charge in [0.15, 0.2) is 11.5 Å². The monoisotopic (exact) mass is 375 g/mol. The number of nitrogens with one attached hydrogen (secondary N) is 1. The normalized spacial score (nSPS) is 14.3. The molecule has 0 radical (unpaired) electrons. The molecule has 0 aromatic heterocycles. The van der Waals surface area contributed by atoms with E-state index < -0.39 is 0 Å². The van der Waals surface area contributed by atoms with Crippen molar-refractivity contribution < 1.29 is 9.47 Å². The zero-order chi connectivity index (χ0) is 16.1. The van der Waals surface area contributed by atoms with E-state index in [0.717, 1.165) is 28.1 Å². The molecule has 0 saturated heterocycles. The van der Waals surface area contributed by atoms with Crippen LogP contribution >= 0.6 is 15.9 Å². The van der Waals surface area contributed by atoms with Gasteiger partial charge in [0.25, 0.3) is 0 Å². The van der Waals surface area contributed by atoms with Gasteiger partial charge in [-0.05, 0) is 46.0 Å². The van der Waals surface area contributed by atoms with E-state index >= 15 is 0 Å². The highest BCUT2D eigenvalue weighted by Crippen LogP contribution is 2.38. The van der Waals surface area contributed by atoms with Gasteiger partial charge in [-0.3, -0.25) is 0 Å². The molecule has 0 bridgehead atoms. The summed E-state index contributed by atoms with van der Waals surface area (Å²) in [6.45, 7) is 1.37. The Labute approximate surface area is 146 Å². The Bertz CT molecular complexity index is 641. The molecule has 2 aromatic rings. The van der Waals surface area contributed by atoms with Crippen LogP contribution in [-0.2, 0) is 13.2 Å². The molecular formula is C19H22BrNO2. The molecule has 1 saturated carbocycles. The third kappa shape index (κ3) is 4.06. The summed E-state index contributed by atoms with van der Waals surface area (Å²) in [4.78, 5) is 0. The van der Waals surface area contributed by atoms with Crippen molar-refractivity contribution in [1.82, 2.24) is 5.32 Å². The van der Waals surface area contributed by atoms with Gasteiger partial charge in [-0.25, -0.2) is 0 Å². The predicted octanol–water partition coefficient (Wildman–Crippen LogP) is 4.68. The minimum atomic E-state index is 0.523. The smallest absolute Gasteiger partial charge is 0.176 e. The van der Waals surface area contributed by atoms with Gasteiger partial charge >= 0.3 is 0 Å². The van der Waals surface area contributed by atoms with Gasteiger partial charge in [-0.15, -0.1) is 0 Å². The molecule has 0 aliphatic heterocycles. The van der Waals surface area contributed by atoms with Crippen LogP contribution in [0.5, 0.6) is 11.5 Å². The lowest BCUT2D eigenvalue weighted by atomic mass is 9.93. The van der Waals surface area contributed by atoms with Crippen LogP contribution in [0.3, 0.4) is 0 Å². The first-order chi connectivity index (χ1) is 11.3. The molecule has 0 atom stereocenters. The summed E-state index contributed by atoms with van der Waals surface area (Å²) >= 11 is 3.69. The lowest BCUT2D eigenvalue weighted by molar-refractivity contribution is 0.281. The average molecular weight is 376 g/mol. The van der Waals surface area contributed by atoms with Crippen molar-refractivity contribution in [3.8, 4) is 11.5 Å². The van der Waals surface area contributed by atoms with Gasteiger partial charge in [0.2, 0.25) is 0 Å². The molecule has 0 amide bonds. The molecule has 3 nitrogen and oxygen atoms in total. The third-order valence-corrected chi connectivity index (χ3v) is 5.14. The van der Waals surface area contributed by atoms with E-state index in [4.69, 9.17) is 9.47 Å². The van der Waals surface area contributed by atoms with Crippen LogP contribution in [-0.4, -0.2) is 13.2 Å². The molecular weight excluding hydrogens is 354 g/mol. The minimum Gasteiger partial charge on any atom is -0.493 e. The van der Waals surface area contributed by atoms with E-state index in [1.807, 2.05) is 24.3 Å². The van der Waals surface area contributed by atoms with Crippen molar-refractivity contribution in [3.63, 3.8) is 0 Å². The zero-order valence-electron chi connectivity index (χ0n) is 13.3. The molecule has 122 valence electrons. The maximum atomic E-state index is 6.03. The van der Waals surface area contributed by atoms with E-state index in [0.29, 0.717) is 12.6 Å². The number of hydrogen-bond donors (Lipinski definition) is 1. The Kier molecular flexibility index (Phi) is 5.57. The Hall–Kier alpha value is -1.52. The molecule has 0 spiro atoms. The van der Waals surface area contributed by atoms with Gasteiger partial charge in [-0.1, -0.05) is 42.8 Å². The molecule has 1 aliphatic rings. The van der Waals surface area contributed by atoms with Crippen molar-refractivity contribution in [2.24, 2.45) is 0 Å². The van der Waals surface area contributed by atoms with Crippen molar-refractivity contribution in [1.29, 1.82) is 0 Å². The fraction of sp³-hybridized carbons (Fsp3) is 0.368. The fourth-order valence-corrected chi connectivity index (χ4v) is 3.19. The second-order valence-corrected chi connectivity index (χ2v) is 6.65. The van der Waals surface area contributed by atoms with E-state index in [-0.39, 0.29) is 0 Å². The first-order valence-electron chi connectivity index (χ1n) is 8.03. The average Bonchev–Trinajstić information content (AvgIpc) is 2.54. The molecule has 1 aliphatic carbocycles. The zero-order valence-corrected chi connectivity index (χ0v) is 14.9. The second-order valence-electron chi connectivity index (χ2n) is 5.85. The molecule has 2 aromatic carbocycles. The van der Waals surface area contributed by atoms with Crippen LogP contribution in [0.25, 0.3) is 0 Å². The quantitative estimate of drug-likeness (QED) is 0.761. The SMILES string of the molecule is COc1ccc(CNC2CCC2)c(Br)c1OCc1ccccc1. The molecule has 3 rings (SSSR count). The van der Waals surface area contributed by atoms with Crippen LogP contribution < -0.4 is 14.8 Å². The number of rotatable bonds is 7. The topological polar surface area (TPSA) is 30.5 Å². The first kappa shape index (κ1) is 16.3. The minimum absolute atomic E-state index is 0.523. The highest BCUT2D eigenvalue weighted by molar-refractivity contribution is 9.10. The standard InChI is InChI=1S/C19H22BrNO2/c1-22-17-11-10-15(12-21-16-8-5-9-16)18(20)19(17)23-13-14-6-3-2-4-7-14/h2-4,6-7,10-11,16,21H,5,8-9,12-13H2,1H3. The lowest BCUT2D eigenvalue weighted by Gasteiger charge is -2.27. The predicted molar refractivity (Wildman–Crippen MR) is 95.9 cm³/mol. The van der Waals surface area contributed by atoms with Gasteiger partial charge in [-0.2, -0.15) is 0 Å². The summed E-state index contributed by atoms with van der Waals surface area (Å²) in [6.07, 6.45) is 3.91. The number of hydrogen-bond acceptors (Lipinski definition) is 3. The van der Waals surface area contributed by atoms with E-state index in [9.17, 15) is 0 Å². The van der Waals surface area contributed by atoms with Gasteiger partial charge < -0.3 is 14.8 Å². The summed E-state index contributed by atoms with van der Waals surface area (Å²) in [6, 6.07) is 14.9. The van der Waals surface area contributed by atoms with Crippen molar-refractivity contribution in [3.05, 3.63) is 58.1 Å². The van der Waals surface area contributed by atoms with Gasteiger partial charge in [0, 0.05) is 12.6 Å². The third-order valence-electron chi connectivity index (χ3n) is 4.27.